The van der Waals surface area contributed by atoms with Crippen LogP contribution in [0.15, 0.2) is 30.3 Å². The zero-order valence-electron chi connectivity index (χ0n) is 13.7. The quantitative estimate of drug-likeness (QED) is 0.897. The first-order valence-electron chi connectivity index (χ1n) is 7.92. The van der Waals surface area contributed by atoms with E-state index >= 15 is 0 Å². The zero-order valence-corrected chi connectivity index (χ0v) is 13.7. The van der Waals surface area contributed by atoms with Crippen molar-refractivity contribution in [1.82, 2.24) is 10.2 Å². The molecule has 1 aliphatic rings. The summed E-state index contributed by atoms with van der Waals surface area (Å²) in [7, 11) is 0. The van der Waals surface area contributed by atoms with Gasteiger partial charge in [0, 0.05) is 30.7 Å². The molecule has 0 amide bonds. The minimum absolute atomic E-state index is 0.168. The van der Waals surface area contributed by atoms with Crippen LogP contribution >= 0.6 is 0 Å². The van der Waals surface area contributed by atoms with Crippen molar-refractivity contribution in [1.29, 1.82) is 0 Å². The van der Waals surface area contributed by atoms with Crippen LogP contribution in [0.5, 0.6) is 0 Å². The predicted molar refractivity (Wildman–Crippen MR) is 86.9 cm³/mol. The first kappa shape index (κ1) is 15.5. The fourth-order valence-electron chi connectivity index (χ4n) is 3.27. The molecule has 1 aromatic rings. The van der Waals surface area contributed by atoms with Gasteiger partial charge in [0.05, 0.1) is 0 Å². The van der Waals surface area contributed by atoms with E-state index in [4.69, 9.17) is 0 Å². The predicted octanol–water partition coefficient (Wildman–Crippen LogP) is 3.85. The summed E-state index contributed by atoms with van der Waals surface area (Å²) in [6, 6.07) is 12.1. The summed E-state index contributed by atoms with van der Waals surface area (Å²) in [6.07, 6.45) is 1.32. The molecule has 1 aliphatic heterocycles. The van der Waals surface area contributed by atoms with Gasteiger partial charge in [-0.15, -0.1) is 0 Å². The summed E-state index contributed by atoms with van der Waals surface area (Å²) >= 11 is 0. The molecule has 2 heteroatoms. The lowest BCUT2D eigenvalue weighted by Crippen LogP contribution is -2.44. The van der Waals surface area contributed by atoms with Gasteiger partial charge in [-0.25, -0.2) is 0 Å². The van der Waals surface area contributed by atoms with Crippen LogP contribution in [0.25, 0.3) is 0 Å². The summed E-state index contributed by atoms with van der Waals surface area (Å²) < 4.78 is 0. The van der Waals surface area contributed by atoms with Crippen molar-refractivity contribution in [2.45, 2.75) is 58.7 Å². The summed E-state index contributed by atoms with van der Waals surface area (Å²) in [5.74, 6) is 0.811. The van der Waals surface area contributed by atoms with Gasteiger partial charge in [0.2, 0.25) is 0 Å². The summed E-state index contributed by atoms with van der Waals surface area (Å²) in [6.45, 7) is 13.7. The van der Waals surface area contributed by atoms with Gasteiger partial charge < -0.3 is 5.32 Å². The van der Waals surface area contributed by atoms with E-state index in [1.54, 1.807) is 0 Å². The highest BCUT2D eigenvalue weighted by Gasteiger charge is 2.32. The van der Waals surface area contributed by atoms with Gasteiger partial charge in [0.1, 0.15) is 0 Å². The number of benzene rings is 1. The van der Waals surface area contributed by atoms with Crippen LogP contribution in [0, 0.1) is 5.92 Å². The molecule has 0 spiro atoms. The lowest BCUT2D eigenvalue weighted by atomic mass is 10.0. The Balaban J connectivity index is 2.16. The van der Waals surface area contributed by atoms with E-state index in [2.05, 4.69) is 75.2 Å². The van der Waals surface area contributed by atoms with Gasteiger partial charge in [0.15, 0.2) is 0 Å². The zero-order chi connectivity index (χ0) is 14.8. The van der Waals surface area contributed by atoms with Crippen LogP contribution in [0.1, 0.15) is 52.6 Å². The number of nitrogens with one attached hydrogen (secondary N) is 1. The Morgan fingerprint density at radius 1 is 1.20 bits per heavy atom. The van der Waals surface area contributed by atoms with E-state index in [9.17, 15) is 0 Å². The molecular formula is C18H30N2. The highest BCUT2D eigenvalue weighted by molar-refractivity contribution is 5.20. The smallest absolute Gasteiger partial charge is 0.0475 e. The van der Waals surface area contributed by atoms with Crippen LogP contribution in [0.4, 0.5) is 0 Å². The van der Waals surface area contributed by atoms with Crippen LogP contribution in [0.2, 0.25) is 0 Å². The fourth-order valence-corrected chi connectivity index (χ4v) is 3.27. The topological polar surface area (TPSA) is 15.3 Å². The van der Waals surface area contributed by atoms with Crippen molar-refractivity contribution in [3.05, 3.63) is 35.9 Å². The lowest BCUT2D eigenvalue weighted by molar-refractivity contribution is 0.174. The third kappa shape index (κ3) is 4.07. The second-order valence-electron chi connectivity index (χ2n) is 7.44. The van der Waals surface area contributed by atoms with Gasteiger partial charge in [-0.05, 0) is 45.6 Å². The molecule has 1 heterocycles. The van der Waals surface area contributed by atoms with E-state index in [-0.39, 0.29) is 5.54 Å². The summed E-state index contributed by atoms with van der Waals surface area (Å²) in [4.78, 5) is 2.68. The van der Waals surface area contributed by atoms with E-state index < -0.39 is 0 Å². The third-order valence-corrected chi connectivity index (χ3v) is 4.24. The molecule has 2 rings (SSSR count). The number of hydrogen-bond acceptors (Lipinski definition) is 2. The van der Waals surface area contributed by atoms with Crippen LogP contribution < -0.4 is 5.32 Å². The van der Waals surface area contributed by atoms with Gasteiger partial charge >= 0.3 is 0 Å². The Kier molecular flexibility index (Phi) is 4.87. The molecule has 1 N–H and O–H groups in total. The normalized spacial score (nSPS) is 25.9. The molecule has 0 bridgehead atoms. The molecule has 1 saturated heterocycles. The molecule has 0 radical (unpaired) electrons. The van der Waals surface area contributed by atoms with Crippen LogP contribution in [0.3, 0.4) is 0 Å². The standard InChI is InChI=1S/C18H30N2/c1-14-11-15(2)20(13-14)17(12-19-18(3,4)5)16-9-7-6-8-10-16/h6-10,14-15,17,19H,11-13H2,1-5H3. The maximum absolute atomic E-state index is 3.69. The second kappa shape index (κ2) is 6.28. The Labute approximate surface area is 124 Å². The van der Waals surface area contributed by atoms with Crippen molar-refractivity contribution in [3.8, 4) is 0 Å². The number of likely N-dealkylation sites (tertiary alicyclic amines) is 1. The van der Waals surface area contributed by atoms with Gasteiger partial charge in [-0.2, -0.15) is 0 Å². The fraction of sp³-hybridized carbons (Fsp3) is 0.667. The Morgan fingerprint density at radius 3 is 2.35 bits per heavy atom. The molecule has 0 saturated carbocycles. The summed E-state index contributed by atoms with van der Waals surface area (Å²) in [5, 5.41) is 3.69. The minimum atomic E-state index is 0.168. The van der Waals surface area contributed by atoms with Crippen molar-refractivity contribution in [2.75, 3.05) is 13.1 Å². The molecule has 3 unspecified atom stereocenters. The third-order valence-electron chi connectivity index (χ3n) is 4.24. The highest BCUT2D eigenvalue weighted by Crippen LogP contribution is 2.31. The van der Waals surface area contributed by atoms with E-state index in [1.165, 1.54) is 18.5 Å². The Morgan fingerprint density at radius 2 is 1.85 bits per heavy atom. The average molecular weight is 274 g/mol. The number of rotatable bonds is 4. The number of nitrogens with zero attached hydrogens (tertiary/aromatic N) is 1. The minimum Gasteiger partial charge on any atom is -0.310 e. The Hall–Kier alpha value is -0.860. The molecule has 112 valence electrons. The SMILES string of the molecule is CC1CC(C)N(C(CNC(C)(C)C)c2ccccc2)C1. The molecule has 3 atom stereocenters. The monoisotopic (exact) mass is 274 g/mol. The first-order chi connectivity index (χ1) is 9.37. The molecule has 1 fully saturated rings. The molecular weight excluding hydrogens is 244 g/mol. The van der Waals surface area contributed by atoms with Crippen molar-refractivity contribution in [2.24, 2.45) is 5.92 Å². The van der Waals surface area contributed by atoms with Crippen molar-refractivity contribution < 1.29 is 0 Å². The molecule has 20 heavy (non-hydrogen) atoms. The lowest BCUT2D eigenvalue weighted by Gasteiger charge is -2.34. The largest absolute Gasteiger partial charge is 0.310 e. The van der Waals surface area contributed by atoms with E-state index in [0.29, 0.717) is 12.1 Å². The highest BCUT2D eigenvalue weighted by atomic mass is 15.2. The van der Waals surface area contributed by atoms with Crippen LogP contribution in [-0.4, -0.2) is 29.6 Å². The molecule has 2 nitrogen and oxygen atoms in total. The van der Waals surface area contributed by atoms with Crippen LogP contribution in [-0.2, 0) is 0 Å². The first-order valence-corrected chi connectivity index (χ1v) is 7.92. The van der Waals surface area contributed by atoms with E-state index in [0.717, 1.165) is 12.5 Å². The number of hydrogen-bond donors (Lipinski definition) is 1. The molecule has 1 aromatic carbocycles. The van der Waals surface area contributed by atoms with E-state index in [1.807, 2.05) is 0 Å². The van der Waals surface area contributed by atoms with Crippen molar-refractivity contribution in [3.63, 3.8) is 0 Å². The summed E-state index contributed by atoms with van der Waals surface area (Å²) in [5.41, 5.74) is 1.60. The molecule has 0 aromatic heterocycles. The van der Waals surface area contributed by atoms with Crippen molar-refractivity contribution >= 4 is 0 Å². The van der Waals surface area contributed by atoms with Gasteiger partial charge in [-0.3, -0.25) is 4.90 Å². The average Bonchev–Trinajstić information content (AvgIpc) is 2.69. The maximum atomic E-state index is 3.69. The molecule has 0 aliphatic carbocycles. The second-order valence-corrected chi connectivity index (χ2v) is 7.44. The Bertz CT molecular complexity index is 407. The maximum Gasteiger partial charge on any atom is 0.0475 e. The van der Waals surface area contributed by atoms with Gasteiger partial charge in [-0.1, -0.05) is 37.3 Å². The van der Waals surface area contributed by atoms with Gasteiger partial charge in [0.25, 0.3) is 0 Å².